The van der Waals surface area contributed by atoms with Crippen LogP contribution in [0.1, 0.15) is 19.4 Å². The Hall–Kier alpha value is -1.83. The standard InChI is InChI=1S/C14H11F5O3/c1-5-8-6-3-4-7(15)9(16)10(6)21-12(20)11(8)22-13(5,2)14(17,18)19/h3-5,12,20H,1-2H3/t5-,12?,13+/m0/s1. The van der Waals surface area contributed by atoms with Crippen molar-refractivity contribution in [3.63, 3.8) is 0 Å². The first kappa shape index (κ1) is 15.1. The first-order chi connectivity index (χ1) is 10.1. The SMILES string of the molecule is C[C@H]1C2=C(O[C@@]1(C)C(F)(F)F)C(O)Oc1c2ccc(F)c1F. The number of aliphatic hydroxyl groups excluding tert-OH is 1. The van der Waals surface area contributed by atoms with Crippen LogP contribution in [-0.2, 0) is 4.74 Å². The molecule has 1 N–H and O–H groups in total. The van der Waals surface area contributed by atoms with Gasteiger partial charge in [0.25, 0.3) is 6.29 Å². The molecule has 8 heteroatoms. The largest absolute Gasteiger partial charge is 0.475 e. The molecule has 2 heterocycles. The summed E-state index contributed by atoms with van der Waals surface area (Å²) in [6.45, 7) is 2.08. The van der Waals surface area contributed by atoms with Crippen molar-refractivity contribution in [1.82, 2.24) is 0 Å². The molecule has 3 rings (SSSR count). The third-order valence-corrected chi connectivity index (χ3v) is 4.20. The first-order valence-corrected chi connectivity index (χ1v) is 6.41. The molecule has 2 aliphatic heterocycles. The summed E-state index contributed by atoms with van der Waals surface area (Å²) in [5, 5.41) is 9.80. The zero-order valence-corrected chi connectivity index (χ0v) is 11.5. The van der Waals surface area contributed by atoms with E-state index in [0.29, 0.717) is 0 Å². The normalized spacial score (nSPS) is 30.5. The minimum Gasteiger partial charge on any atom is -0.475 e. The molecule has 22 heavy (non-hydrogen) atoms. The Morgan fingerprint density at radius 1 is 1.23 bits per heavy atom. The molecule has 0 spiro atoms. The average Bonchev–Trinajstić information content (AvgIpc) is 2.70. The predicted molar refractivity (Wildman–Crippen MR) is 64.6 cm³/mol. The zero-order valence-electron chi connectivity index (χ0n) is 11.5. The van der Waals surface area contributed by atoms with Crippen LogP contribution in [0, 0.1) is 17.6 Å². The number of hydrogen-bond acceptors (Lipinski definition) is 3. The van der Waals surface area contributed by atoms with Gasteiger partial charge >= 0.3 is 6.18 Å². The molecule has 0 bridgehead atoms. The Balaban J connectivity index is 2.19. The summed E-state index contributed by atoms with van der Waals surface area (Å²) < 4.78 is 76.6. The summed E-state index contributed by atoms with van der Waals surface area (Å²) in [6, 6.07) is 1.90. The second-order valence-electron chi connectivity index (χ2n) is 5.41. The highest BCUT2D eigenvalue weighted by Crippen LogP contribution is 2.55. The topological polar surface area (TPSA) is 38.7 Å². The van der Waals surface area contributed by atoms with Gasteiger partial charge in [0.15, 0.2) is 17.3 Å². The second-order valence-corrected chi connectivity index (χ2v) is 5.41. The highest BCUT2D eigenvalue weighted by Gasteiger charge is 2.63. The van der Waals surface area contributed by atoms with Crippen molar-refractivity contribution in [2.75, 3.05) is 0 Å². The van der Waals surface area contributed by atoms with E-state index in [-0.39, 0.29) is 11.1 Å². The van der Waals surface area contributed by atoms with Gasteiger partial charge in [-0.05, 0) is 19.1 Å². The minimum absolute atomic E-state index is 0.0347. The Morgan fingerprint density at radius 3 is 2.45 bits per heavy atom. The Bertz CT molecular complexity index is 682. The van der Waals surface area contributed by atoms with E-state index in [2.05, 4.69) is 0 Å². The Labute approximate surface area is 121 Å². The van der Waals surface area contributed by atoms with Gasteiger partial charge in [0.05, 0.1) is 0 Å². The summed E-state index contributed by atoms with van der Waals surface area (Å²) in [7, 11) is 0. The van der Waals surface area contributed by atoms with Crippen molar-refractivity contribution in [2.45, 2.75) is 31.9 Å². The van der Waals surface area contributed by atoms with Crippen LogP contribution in [0.15, 0.2) is 17.9 Å². The van der Waals surface area contributed by atoms with Crippen LogP contribution in [0.5, 0.6) is 5.75 Å². The van der Waals surface area contributed by atoms with Gasteiger partial charge in [0.2, 0.25) is 11.4 Å². The molecule has 1 unspecified atom stereocenters. The van der Waals surface area contributed by atoms with Crippen LogP contribution in [0.25, 0.3) is 5.57 Å². The summed E-state index contributed by atoms with van der Waals surface area (Å²) >= 11 is 0. The van der Waals surface area contributed by atoms with Crippen LogP contribution < -0.4 is 4.74 Å². The predicted octanol–water partition coefficient (Wildman–Crippen LogP) is 3.37. The number of aliphatic hydroxyl groups is 1. The molecule has 2 aliphatic rings. The van der Waals surface area contributed by atoms with Gasteiger partial charge in [-0.2, -0.15) is 17.6 Å². The molecule has 0 aromatic heterocycles. The maximum atomic E-state index is 13.8. The maximum absolute atomic E-state index is 13.8. The fraction of sp³-hybridized carbons (Fsp3) is 0.429. The van der Waals surface area contributed by atoms with E-state index in [4.69, 9.17) is 9.47 Å². The number of alkyl halides is 3. The smallest absolute Gasteiger partial charge is 0.428 e. The lowest BCUT2D eigenvalue weighted by Crippen LogP contribution is -2.47. The number of hydrogen-bond donors (Lipinski definition) is 1. The summed E-state index contributed by atoms with van der Waals surface area (Å²) in [4.78, 5) is 0. The summed E-state index contributed by atoms with van der Waals surface area (Å²) in [5.41, 5.74) is -2.68. The van der Waals surface area contributed by atoms with Crippen molar-refractivity contribution in [1.29, 1.82) is 0 Å². The van der Waals surface area contributed by atoms with Crippen molar-refractivity contribution in [3.05, 3.63) is 35.1 Å². The van der Waals surface area contributed by atoms with E-state index >= 15 is 0 Å². The fourth-order valence-corrected chi connectivity index (χ4v) is 2.74. The Morgan fingerprint density at radius 2 is 1.86 bits per heavy atom. The van der Waals surface area contributed by atoms with E-state index in [1.54, 1.807) is 0 Å². The van der Waals surface area contributed by atoms with Crippen LogP contribution in [-0.4, -0.2) is 23.2 Å². The van der Waals surface area contributed by atoms with Crippen molar-refractivity contribution in [3.8, 4) is 5.75 Å². The molecular formula is C14H11F5O3. The van der Waals surface area contributed by atoms with Crippen molar-refractivity contribution in [2.24, 2.45) is 5.92 Å². The fourth-order valence-electron chi connectivity index (χ4n) is 2.74. The molecule has 3 atom stereocenters. The van der Waals surface area contributed by atoms with Gasteiger partial charge in [0, 0.05) is 17.1 Å². The van der Waals surface area contributed by atoms with E-state index in [0.717, 1.165) is 19.1 Å². The number of benzene rings is 1. The molecule has 3 nitrogen and oxygen atoms in total. The van der Waals surface area contributed by atoms with Gasteiger partial charge in [-0.1, -0.05) is 6.92 Å². The number of ether oxygens (including phenoxy) is 2. The van der Waals surface area contributed by atoms with Gasteiger partial charge in [-0.25, -0.2) is 4.39 Å². The maximum Gasteiger partial charge on any atom is 0.428 e. The van der Waals surface area contributed by atoms with Gasteiger partial charge in [-0.3, -0.25) is 0 Å². The molecule has 0 amide bonds. The summed E-state index contributed by atoms with van der Waals surface area (Å²) in [5.74, 6) is -4.86. The van der Waals surface area contributed by atoms with E-state index in [9.17, 15) is 27.1 Å². The lowest BCUT2D eigenvalue weighted by atomic mass is 9.82. The molecule has 0 fully saturated rings. The summed E-state index contributed by atoms with van der Waals surface area (Å²) in [6.07, 6.45) is -6.65. The molecule has 1 aromatic rings. The third kappa shape index (κ3) is 1.76. The average molecular weight is 322 g/mol. The van der Waals surface area contributed by atoms with Crippen molar-refractivity contribution < 1.29 is 36.5 Å². The minimum atomic E-state index is -4.72. The van der Waals surface area contributed by atoms with Gasteiger partial charge in [0.1, 0.15) is 0 Å². The third-order valence-electron chi connectivity index (χ3n) is 4.20. The molecule has 0 saturated carbocycles. The van der Waals surface area contributed by atoms with Gasteiger partial charge in [-0.15, -0.1) is 0 Å². The number of rotatable bonds is 0. The number of halogens is 5. The molecular weight excluding hydrogens is 311 g/mol. The molecule has 120 valence electrons. The van der Waals surface area contributed by atoms with E-state index in [1.807, 2.05) is 0 Å². The van der Waals surface area contributed by atoms with Crippen LogP contribution in [0.2, 0.25) is 0 Å². The highest BCUT2D eigenvalue weighted by molar-refractivity contribution is 5.78. The van der Waals surface area contributed by atoms with Crippen LogP contribution >= 0.6 is 0 Å². The monoisotopic (exact) mass is 322 g/mol. The quantitative estimate of drug-likeness (QED) is 0.744. The van der Waals surface area contributed by atoms with Gasteiger partial charge < -0.3 is 14.6 Å². The molecule has 0 saturated heterocycles. The Kier molecular flexibility index (Phi) is 2.98. The van der Waals surface area contributed by atoms with Crippen LogP contribution in [0.3, 0.4) is 0 Å². The first-order valence-electron chi connectivity index (χ1n) is 6.41. The molecule has 0 radical (unpaired) electrons. The molecule has 0 aliphatic carbocycles. The lowest BCUT2D eigenvalue weighted by Gasteiger charge is -2.32. The van der Waals surface area contributed by atoms with E-state index in [1.165, 1.54) is 6.92 Å². The zero-order chi connectivity index (χ0) is 16.4. The second kappa shape index (κ2) is 4.34. The lowest BCUT2D eigenvalue weighted by molar-refractivity contribution is -0.267. The van der Waals surface area contributed by atoms with Crippen molar-refractivity contribution >= 4 is 5.57 Å². The number of fused-ring (bicyclic) bond motifs is 2. The van der Waals surface area contributed by atoms with E-state index < -0.39 is 47.1 Å². The molecule has 1 aromatic carbocycles. The highest BCUT2D eigenvalue weighted by atomic mass is 19.4. The van der Waals surface area contributed by atoms with Crippen LogP contribution in [0.4, 0.5) is 22.0 Å².